The number of aliphatic hydroxyl groups is 1. The van der Waals surface area contributed by atoms with Crippen molar-refractivity contribution in [2.24, 2.45) is 5.92 Å². The molecule has 5 rings (SSSR count). The van der Waals surface area contributed by atoms with Crippen molar-refractivity contribution in [2.75, 3.05) is 13.2 Å². The second-order valence-electron chi connectivity index (χ2n) is 7.21. The molecule has 1 aliphatic carbocycles. The highest BCUT2D eigenvalue weighted by Gasteiger charge is 2.47. The number of aromatic hydroxyl groups is 1. The molecule has 4 nitrogen and oxygen atoms in total. The topological polar surface area (TPSA) is 65.5 Å². The molecule has 2 aliphatic heterocycles. The van der Waals surface area contributed by atoms with Crippen molar-refractivity contribution in [3.63, 3.8) is 0 Å². The lowest BCUT2D eigenvalue weighted by Crippen LogP contribution is -2.39. The summed E-state index contributed by atoms with van der Waals surface area (Å²) >= 11 is 0. The summed E-state index contributed by atoms with van der Waals surface area (Å²) in [6.45, 7) is 1.53. The van der Waals surface area contributed by atoms with Crippen molar-refractivity contribution in [3.8, 4) is 5.75 Å². The summed E-state index contributed by atoms with van der Waals surface area (Å²) < 4.78 is 10.8. The Morgan fingerprint density at radius 3 is 2.58 bits per heavy atom. The highest BCUT2D eigenvalue weighted by atomic mass is 16.6. The van der Waals surface area contributed by atoms with Gasteiger partial charge in [0.25, 0.3) is 0 Å². The van der Waals surface area contributed by atoms with Crippen LogP contribution in [0.15, 0.2) is 36.4 Å². The van der Waals surface area contributed by atoms with Crippen LogP contribution in [0.2, 0.25) is 0 Å². The highest BCUT2D eigenvalue weighted by Crippen LogP contribution is 2.47. The van der Waals surface area contributed by atoms with E-state index in [9.17, 15) is 10.2 Å². The Hall–Kier alpha value is -1.88. The van der Waals surface area contributed by atoms with E-state index in [2.05, 4.69) is 18.2 Å². The molecule has 2 aromatic carbocycles. The zero-order valence-corrected chi connectivity index (χ0v) is 13.3. The Balaban J connectivity index is 1.63. The maximum Gasteiger partial charge on any atom is 0.116 e. The van der Waals surface area contributed by atoms with Crippen LogP contribution in [0.3, 0.4) is 0 Å². The van der Waals surface area contributed by atoms with Crippen molar-refractivity contribution in [3.05, 3.63) is 47.5 Å². The van der Waals surface area contributed by atoms with Crippen LogP contribution < -0.4 is 0 Å². The van der Waals surface area contributed by atoms with Crippen LogP contribution in [0.4, 0.5) is 0 Å². The zero-order chi connectivity index (χ0) is 16.3. The van der Waals surface area contributed by atoms with E-state index in [0.29, 0.717) is 6.42 Å². The maximum absolute atomic E-state index is 11.6. The first-order valence-corrected chi connectivity index (χ1v) is 8.53. The summed E-state index contributed by atoms with van der Waals surface area (Å²) in [5.74, 6) is 0.295. The molecule has 3 aliphatic rings. The molecule has 0 radical (unpaired) electrons. The minimum atomic E-state index is -0.927. The molecule has 0 amide bonds. The molecule has 2 heterocycles. The van der Waals surface area contributed by atoms with E-state index >= 15 is 0 Å². The van der Waals surface area contributed by atoms with E-state index in [0.717, 1.165) is 41.5 Å². The van der Waals surface area contributed by atoms with Gasteiger partial charge in [0.1, 0.15) is 5.75 Å². The molecule has 2 N–H and O–H groups in total. The van der Waals surface area contributed by atoms with Crippen LogP contribution in [0.5, 0.6) is 5.75 Å². The van der Waals surface area contributed by atoms with Gasteiger partial charge in [0.15, 0.2) is 0 Å². The van der Waals surface area contributed by atoms with Crippen molar-refractivity contribution in [1.82, 2.24) is 0 Å². The van der Waals surface area contributed by atoms with Crippen molar-refractivity contribution >= 4 is 16.8 Å². The van der Waals surface area contributed by atoms with Crippen molar-refractivity contribution in [1.29, 1.82) is 0 Å². The summed E-state index contributed by atoms with van der Waals surface area (Å²) in [4.78, 5) is 0. The van der Waals surface area contributed by atoms with Gasteiger partial charge in [-0.25, -0.2) is 0 Å². The van der Waals surface area contributed by atoms with Gasteiger partial charge < -0.3 is 19.7 Å². The van der Waals surface area contributed by atoms with Gasteiger partial charge >= 0.3 is 0 Å². The normalized spacial score (nSPS) is 33.5. The molecular formula is C20H20O4. The molecule has 2 fully saturated rings. The predicted octanol–water partition coefficient (Wildman–Crippen LogP) is 2.95. The SMILES string of the molecule is Oc1ccc2cc3c(cc2c1)C=CC(CC1CO1)C3(O)CC1CO1. The van der Waals surface area contributed by atoms with E-state index in [4.69, 9.17) is 9.47 Å². The van der Waals surface area contributed by atoms with Crippen molar-refractivity contribution in [2.45, 2.75) is 30.7 Å². The molecule has 124 valence electrons. The number of benzene rings is 2. The number of fused-ring (bicyclic) bond motifs is 2. The summed E-state index contributed by atoms with van der Waals surface area (Å²) in [6.07, 6.45) is 6.07. The lowest BCUT2D eigenvalue weighted by Gasteiger charge is -2.39. The Morgan fingerprint density at radius 1 is 1.04 bits per heavy atom. The largest absolute Gasteiger partial charge is 0.508 e. The Bertz CT molecular complexity index is 835. The molecule has 0 bridgehead atoms. The fraction of sp³-hybridized carbons (Fsp3) is 0.400. The summed E-state index contributed by atoms with van der Waals surface area (Å²) in [7, 11) is 0. The summed E-state index contributed by atoms with van der Waals surface area (Å²) in [6, 6.07) is 9.46. The first-order valence-electron chi connectivity index (χ1n) is 8.53. The molecule has 4 heteroatoms. The lowest BCUT2D eigenvalue weighted by atomic mass is 9.70. The fourth-order valence-corrected chi connectivity index (χ4v) is 3.95. The number of ether oxygens (including phenoxy) is 2. The van der Waals surface area contributed by atoms with Crippen LogP contribution in [-0.2, 0) is 15.1 Å². The zero-order valence-electron chi connectivity index (χ0n) is 13.3. The standard InChI is InChI=1S/C20H20O4/c21-16-4-2-12-7-19-13(5-14(12)6-16)1-3-15(8-17-10-23-17)20(19,22)9-18-11-24-18/h1-7,15,17-18,21-22H,8-11H2. The van der Waals surface area contributed by atoms with Crippen molar-refractivity contribution < 1.29 is 19.7 Å². The Kier molecular flexibility index (Phi) is 3.05. The quantitative estimate of drug-likeness (QED) is 0.849. The average Bonchev–Trinajstić information content (AvgIpc) is 3.45. The molecule has 0 spiro atoms. The number of epoxide rings is 2. The van der Waals surface area contributed by atoms with Gasteiger partial charge in [0, 0.05) is 12.3 Å². The number of rotatable bonds is 4. The first kappa shape index (κ1) is 14.5. The second-order valence-corrected chi connectivity index (χ2v) is 7.21. The molecular weight excluding hydrogens is 304 g/mol. The van der Waals surface area contributed by atoms with E-state index in [1.807, 2.05) is 12.1 Å². The van der Waals surface area contributed by atoms with Crippen LogP contribution >= 0.6 is 0 Å². The molecule has 2 saturated heterocycles. The number of phenols is 1. The predicted molar refractivity (Wildman–Crippen MR) is 90.7 cm³/mol. The van der Waals surface area contributed by atoms with Gasteiger partial charge in [0.05, 0.1) is 31.0 Å². The van der Waals surface area contributed by atoms with E-state index in [1.54, 1.807) is 12.1 Å². The molecule has 24 heavy (non-hydrogen) atoms. The molecule has 0 aromatic heterocycles. The number of phenolic OH excluding ortho intramolecular Hbond substituents is 1. The van der Waals surface area contributed by atoms with E-state index in [1.165, 1.54) is 0 Å². The number of hydrogen-bond acceptors (Lipinski definition) is 4. The minimum absolute atomic E-state index is 0.0382. The Labute approximate surface area is 140 Å². The number of hydrogen-bond donors (Lipinski definition) is 2. The van der Waals surface area contributed by atoms with Crippen LogP contribution in [0, 0.1) is 5.92 Å². The average molecular weight is 324 g/mol. The smallest absolute Gasteiger partial charge is 0.116 e. The third-order valence-electron chi connectivity index (χ3n) is 5.44. The summed E-state index contributed by atoms with van der Waals surface area (Å²) in [5.41, 5.74) is 1.05. The lowest BCUT2D eigenvalue weighted by molar-refractivity contribution is -0.0263. The fourth-order valence-electron chi connectivity index (χ4n) is 3.95. The third-order valence-corrected chi connectivity index (χ3v) is 5.44. The Morgan fingerprint density at radius 2 is 1.83 bits per heavy atom. The summed E-state index contributed by atoms with van der Waals surface area (Å²) in [5, 5.41) is 23.4. The second kappa shape index (κ2) is 5.06. The van der Waals surface area contributed by atoms with E-state index in [-0.39, 0.29) is 23.9 Å². The molecule has 4 atom stereocenters. The highest BCUT2D eigenvalue weighted by molar-refractivity contribution is 5.88. The van der Waals surface area contributed by atoms with Gasteiger partial charge in [-0.3, -0.25) is 0 Å². The van der Waals surface area contributed by atoms with Crippen LogP contribution in [0.25, 0.3) is 16.8 Å². The van der Waals surface area contributed by atoms with Crippen LogP contribution in [0.1, 0.15) is 24.0 Å². The van der Waals surface area contributed by atoms with Gasteiger partial charge in [-0.2, -0.15) is 0 Å². The molecule has 0 saturated carbocycles. The first-order chi connectivity index (χ1) is 11.6. The maximum atomic E-state index is 11.6. The third kappa shape index (κ3) is 2.42. The van der Waals surface area contributed by atoms with Crippen LogP contribution in [-0.4, -0.2) is 35.6 Å². The minimum Gasteiger partial charge on any atom is -0.508 e. The van der Waals surface area contributed by atoms with Gasteiger partial charge in [0.2, 0.25) is 0 Å². The molecule has 4 unspecified atom stereocenters. The van der Waals surface area contributed by atoms with Gasteiger partial charge in [-0.05, 0) is 52.6 Å². The monoisotopic (exact) mass is 324 g/mol. The van der Waals surface area contributed by atoms with Gasteiger partial charge in [-0.15, -0.1) is 0 Å². The van der Waals surface area contributed by atoms with Gasteiger partial charge in [-0.1, -0.05) is 18.2 Å². The van der Waals surface area contributed by atoms with E-state index < -0.39 is 5.60 Å². The molecule has 2 aromatic rings.